The molecule has 2 aliphatic heterocycles. The van der Waals surface area contributed by atoms with E-state index in [2.05, 4.69) is 0 Å². The molecule has 33 heavy (non-hydrogen) atoms. The summed E-state index contributed by atoms with van der Waals surface area (Å²) in [7, 11) is -4.07. The van der Waals surface area contributed by atoms with Gasteiger partial charge < -0.3 is 9.64 Å². The van der Waals surface area contributed by atoms with Crippen LogP contribution in [0.1, 0.15) is 32.8 Å². The zero-order valence-electron chi connectivity index (χ0n) is 18.8. The Morgan fingerprint density at radius 1 is 1.15 bits per heavy atom. The highest BCUT2D eigenvalue weighted by atomic mass is 32.2. The molecule has 0 aliphatic carbocycles. The molecule has 1 fully saturated rings. The number of nitrogens with zero attached hydrogens (tertiary/aromatic N) is 3. The number of ether oxygens (including phenoxy) is 1. The Morgan fingerprint density at radius 3 is 2.36 bits per heavy atom. The second kappa shape index (κ2) is 9.75. The highest BCUT2D eigenvalue weighted by molar-refractivity contribution is 7.86. The molecule has 3 rings (SSSR count). The van der Waals surface area contributed by atoms with E-state index in [1.54, 1.807) is 39.0 Å². The van der Waals surface area contributed by atoms with Crippen molar-refractivity contribution in [2.75, 3.05) is 32.7 Å². The predicted octanol–water partition coefficient (Wildman–Crippen LogP) is 1.59. The first-order valence-corrected chi connectivity index (χ1v) is 12.0. The van der Waals surface area contributed by atoms with E-state index in [1.807, 2.05) is 0 Å². The summed E-state index contributed by atoms with van der Waals surface area (Å²) in [6.07, 6.45) is 1.51. The smallest absolute Gasteiger partial charge is 0.410 e. The first kappa shape index (κ1) is 25.1. The lowest BCUT2D eigenvalue weighted by Crippen LogP contribution is -2.63. The van der Waals surface area contributed by atoms with E-state index in [-0.39, 0.29) is 38.5 Å². The van der Waals surface area contributed by atoms with Crippen molar-refractivity contribution in [1.82, 2.24) is 19.0 Å². The van der Waals surface area contributed by atoms with E-state index in [4.69, 9.17) is 9.94 Å². The highest BCUT2D eigenvalue weighted by Gasteiger charge is 2.44. The lowest BCUT2D eigenvalue weighted by molar-refractivity contribution is -0.134. The molecule has 0 bridgehead atoms. The molecule has 1 aromatic carbocycles. The number of nitrogens with one attached hydrogen (secondary N) is 1. The summed E-state index contributed by atoms with van der Waals surface area (Å²) in [6, 6.07) is 4.66. The van der Waals surface area contributed by atoms with Crippen molar-refractivity contribution >= 4 is 27.8 Å². The summed E-state index contributed by atoms with van der Waals surface area (Å²) in [5.41, 5.74) is 2.46. The third-order valence-electron chi connectivity index (χ3n) is 5.41. The SMILES string of the molecule is CC(C)(C)OC(=O)N1CCN(S(=O)(=O)N2CC=C(c3ccc(F)cc3)CC2)[C@@H](C(=O)NO)C1. The summed E-state index contributed by atoms with van der Waals surface area (Å²) >= 11 is 0. The minimum absolute atomic E-state index is 0.0356. The molecule has 2 amide bonds. The van der Waals surface area contributed by atoms with E-state index in [0.29, 0.717) is 6.42 Å². The van der Waals surface area contributed by atoms with E-state index < -0.39 is 33.9 Å². The number of piperazine rings is 1. The molecule has 10 nitrogen and oxygen atoms in total. The van der Waals surface area contributed by atoms with E-state index in [1.165, 1.54) is 26.8 Å². The molecule has 0 radical (unpaired) electrons. The van der Waals surface area contributed by atoms with Crippen LogP contribution in [0.4, 0.5) is 9.18 Å². The number of benzene rings is 1. The number of carbonyl (C=O) groups excluding carboxylic acids is 2. The van der Waals surface area contributed by atoms with Gasteiger partial charge in [0, 0.05) is 32.7 Å². The number of halogens is 1. The third-order valence-corrected chi connectivity index (χ3v) is 7.42. The summed E-state index contributed by atoms with van der Waals surface area (Å²) < 4.78 is 47.4. The van der Waals surface area contributed by atoms with Gasteiger partial charge in [-0.2, -0.15) is 17.0 Å². The molecule has 0 aromatic heterocycles. The average molecular weight is 485 g/mol. The number of amides is 2. The van der Waals surface area contributed by atoms with Gasteiger partial charge in [0.1, 0.15) is 17.5 Å². The lowest BCUT2D eigenvalue weighted by atomic mass is 10.0. The van der Waals surface area contributed by atoms with Gasteiger partial charge >= 0.3 is 6.09 Å². The summed E-state index contributed by atoms with van der Waals surface area (Å²) in [6.45, 7) is 5.00. The molecule has 0 spiro atoms. The first-order chi connectivity index (χ1) is 15.4. The molecule has 1 aromatic rings. The van der Waals surface area contributed by atoms with Gasteiger partial charge in [0.2, 0.25) is 0 Å². The largest absolute Gasteiger partial charge is 0.444 e. The maximum Gasteiger partial charge on any atom is 0.410 e. The van der Waals surface area contributed by atoms with Crippen molar-refractivity contribution in [2.24, 2.45) is 0 Å². The van der Waals surface area contributed by atoms with Crippen LogP contribution in [-0.2, 0) is 19.7 Å². The Bertz CT molecular complexity index is 1020. The minimum atomic E-state index is -4.07. The normalized spacial score (nSPS) is 20.8. The quantitative estimate of drug-likeness (QED) is 0.495. The van der Waals surface area contributed by atoms with Gasteiger partial charge in [0.15, 0.2) is 0 Å². The lowest BCUT2D eigenvalue weighted by Gasteiger charge is -2.41. The molecular formula is C21H29FN4O6S. The zero-order valence-corrected chi connectivity index (χ0v) is 19.6. The molecule has 0 saturated carbocycles. The fraction of sp³-hybridized carbons (Fsp3) is 0.524. The van der Waals surface area contributed by atoms with Gasteiger partial charge in [-0.1, -0.05) is 18.2 Å². The Labute approximate surface area is 192 Å². The topological polar surface area (TPSA) is 119 Å². The van der Waals surface area contributed by atoms with Gasteiger partial charge in [0.05, 0.1) is 0 Å². The van der Waals surface area contributed by atoms with Crippen molar-refractivity contribution in [3.63, 3.8) is 0 Å². The molecule has 1 saturated heterocycles. The van der Waals surface area contributed by atoms with E-state index in [0.717, 1.165) is 15.4 Å². The Hall–Kier alpha value is -2.54. The highest BCUT2D eigenvalue weighted by Crippen LogP contribution is 2.27. The number of carbonyl (C=O) groups is 2. The first-order valence-electron chi connectivity index (χ1n) is 10.6. The summed E-state index contributed by atoms with van der Waals surface area (Å²) in [4.78, 5) is 26.0. The van der Waals surface area contributed by atoms with Crippen molar-refractivity contribution in [2.45, 2.75) is 38.8 Å². The summed E-state index contributed by atoms with van der Waals surface area (Å²) in [5, 5.41) is 9.17. The molecular weight excluding hydrogens is 455 g/mol. The Balaban J connectivity index is 1.75. The fourth-order valence-electron chi connectivity index (χ4n) is 3.76. The molecule has 2 N–H and O–H groups in total. The minimum Gasteiger partial charge on any atom is -0.444 e. The van der Waals surface area contributed by atoms with Crippen molar-refractivity contribution < 1.29 is 32.3 Å². The standard InChI is InChI=1S/C21H29FN4O6S/c1-21(2,3)32-20(28)24-12-13-26(18(14-24)19(27)23-29)33(30,31)25-10-8-16(9-11-25)15-4-6-17(22)7-5-15/h4-8,18,29H,9-14H2,1-3H3,(H,23,27)/t18-/m1/s1. The molecule has 2 heterocycles. The second-order valence-corrected chi connectivity index (χ2v) is 10.8. The van der Waals surface area contributed by atoms with Gasteiger partial charge in [-0.15, -0.1) is 0 Å². The predicted molar refractivity (Wildman–Crippen MR) is 118 cm³/mol. The van der Waals surface area contributed by atoms with Crippen LogP contribution in [0.5, 0.6) is 0 Å². The Kier molecular flexibility index (Phi) is 7.42. The maximum atomic E-state index is 13.3. The number of hydroxylamine groups is 1. The molecule has 2 aliphatic rings. The number of rotatable bonds is 4. The Morgan fingerprint density at radius 2 is 1.82 bits per heavy atom. The summed E-state index contributed by atoms with van der Waals surface area (Å²) in [5.74, 6) is -1.29. The van der Waals surface area contributed by atoms with Crippen LogP contribution in [-0.4, -0.2) is 83.5 Å². The molecule has 1 atom stereocenters. The van der Waals surface area contributed by atoms with Crippen LogP contribution in [0.15, 0.2) is 30.3 Å². The maximum absolute atomic E-state index is 13.3. The van der Waals surface area contributed by atoms with E-state index >= 15 is 0 Å². The molecule has 0 unspecified atom stereocenters. The number of hydrogen-bond acceptors (Lipinski definition) is 6. The van der Waals surface area contributed by atoms with Gasteiger partial charge in [0.25, 0.3) is 16.1 Å². The van der Waals surface area contributed by atoms with Crippen LogP contribution >= 0.6 is 0 Å². The van der Waals surface area contributed by atoms with Crippen LogP contribution in [0.2, 0.25) is 0 Å². The zero-order chi connectivity index (χ0) is 24.4. The van der Waals surface area contributed by atoms with E-state index in [9.17, 15) is 22.4 Å². The molecule has 182 valence electrons. The third kappa shape index (κ3) is 5.88. The van der Waals surface area contributed by atoms with Crippen LogP contribution < -0.4 is 5.48 Å². The van der Waals surface area contributed by atoms with Crippen LogP contribution in [0.25, 0.3) is 5.57 Å². The van der Waals surface area contributed by atoms with Crippen LogP contribution in [0, 0.1) is 5.82 Å². The van der Waals surface area contributed by atoms with Gasteiger partial charge in [-0.05, 0) is 50.5 Å². The molecule has 12 heteroatoms. The van der Waals surface area contributed by atoms with Gasteiger partial charge in [-0.25, -0.2) is 14.7 Å². The average Bonchev–Trinajstić information content (AvgIpc) is 2.77. The number of hydrogen-bond donors (Lipinski definition) is 2. The fourth-order valence-corrected chi connectivity index (χ4v) is 5.44. The van der Waals surface area contributed by atoms with Crippen molar-refractivity contribution in [1.29, 1.82) is 0 Å². The van der Waals surface area contributed by atoms with Crippen LogP contribution in [0.3, 0.4) is 0 Å². The van der Waals surface area contributed by atoms with Gasteiger partial charge in [-0.3, -0.25) is 10.0 Å². The monoisotopic (exact) mass is 484 g/mol. The van der Waals surface area contributed by atoms with Crippen molar-refractivity contribution in [3.05, 3.63) is 41.7 Å². The second-order valence-electron chi connectivity index (χ2n) is 8.88. The van der Waals surface area contributed by atoms with Crippen molar-refractivity contribution in [3.8, 4) is 0 Å².